The number of likely N-dealkylation sites (tertiary alicyclic amines) is 1. The highest BCUT2D eigenvalue weighted by atomic mass is 16.5. The number of carbonyl (C=O) groups excluding carboxylic acids is 1. The SMILES string of the molecule is CC[C@@H](Oc1ccc(C)cc1C)C(=O)NCc1ccc(CN2CCCC2)cc1. The fourth-order valence-corrected chi connectivity index (χ4v) is 3.67. The zero-order chi connectivity index (χ0) is 19.9. The summed E-state index contributed by atoms with van der Waals surface area (Å²) in [5.41, 5.74) is 4.69. The minimum atomic E-state index is -0.476. The molecule has 28 heavy (non-hydrogen) atoms. The van der Waals surface area contributed by atoms with Gasteiger partial charge in [-0.3, -0.25) is 9.69 Å². The van der Waals surface area contributed by atoms with Gasteiger partial charge in [-0.2, -0.15) is 0 Å². The first-order valence-electron chi connectivity index (χ1n) is 10.4. The molecule has 2 aromatic carbocycles. The van der Waals surface area contributed by atoms with Crippen LogP contribution in [0.3, 0.4) is 0 Å². The molecule has 1 N–H and O–H groups in total. The van der Waals surface area contributed by atoms with Crippen molar-refractivity contribution in [1.29, 1.82) is 0 Å². The molecule has 0 spiro atoms. The molecule has 1 aliphatic rings. The molecule has 1 saturated heterocycles. The summed E-state index contributed by atoms with van der Waals surface area (Å²) in [5.74, 6) is 0.711. The lowest BCUT2D eigenvalue weighted by Crippen LogP contribution is -2.37. The zero-order valence-electron chi connectivity index (χ0n) is 17.3. The van der Waals surface area contributed by atoms with Gasteiger partial charge < -0.3 is 10.1 Å². The summed E-state index contributed by atoms with van der Waals surface area (Å²) < 4.78 is 5.98. The van der Waals surface area contributed by atoms with Crippen molar-refractivity contribution in [2.45, 2.75) is 59.2 Å². The maximum atomic E-state index is 12.6. The molecule has 1 atom stereocenters. The van der Waals surface area contributed by atoms with E-state index in [1.807, 2.05) is 26.0 Å². The molecule has 1 aliphatic heterocycles. The number of aryl methyl sites for hydroxylation is 2. The highest BCUT2D eigenvalue weighted by Gasteiger charge is 2.19. The Morgan fingerprint density at radius 3 is 2.39 bits per heavy atom. The van der Waals surface area contributed by atoms with Crippen molar-refractivity contribution in [3.63, 3.8) is 0 Å². The van der Waals surface area contributed by atoms with Crippen molar-refractivity contribution in [1.82, 2.24) is 10.2 Å². The number of hydrogen-bond donors (Lipinski definition) is 1. The molecular weight excluding hydrogens is 348 g/mol. The van der Waals surface area contributed by atoms with Gasteiger partial charge in [0.1, 0.15) is 5.75 Å². The first-order chi connectivity index (χ1) is 13.5. The predicted molar refractivity (Wildman–Crippen MR) is 113 cm³/mol. The zero-order valence-corrected chi connectivity index (χ0v) is 17.3. The van der Waals surface area contributed by atoms with E-state index >= 15 is 0 Å². The fraction of sp³-hybridized carbons (Fsp3) is 0.458. The van der Waals surface area contributed by atoms with Crippen LogP contribution < -0.4 is 10.1 Å². The van der Waals surface area contributed by atoms with Gasteiger partial charge >= 0.3 is 0 Å². The maximum absolute atomic E-state index is 12.6. The molecule has 0 unspecified atom stereocenters. The quantitative estimate of drug-likeness (QED) is 0.739. The average molecular weight is 381 g/mol. The number of benzene rings is 2. The van der Waals surface area contributed by atoms with E-state index in [9.17, 15) is 4.79 Å². The number of rotatable bonds is 8. The van der Waals surface area contributed by atoms with Crippen molar-refractivity contribution in [2.75, 3.05) is 13.1 Å². The highest BCUT2D eigenvalue weighted by Crippen LogP contribution is 2.21. The standard InChI is InChI=1S/C24H32N2O2/c1-4-22(28-23-12-7-18(2)15-19(23)3)24(27)25-16-20-8-10-21(11-9-20)17-26-13-5-6-14-26/h7-12,15,22H,4-6,13-14,16-17H2,1-3H3,(H,25,27)/t22-/m1/s1. The second-order valence-electron chi connectivity index (χ2n) is 7.80. The highest BCUT2D eigenvalue weighted by molar-refractivity contribution is 5.81. The van der Waals surface area contributed by atoms with Crippen molar-refractivity contribution >= 4 is 5.91 Å². The summed E-state index contributed by atoms with van der Waals surface area (Å²) in [4.78, 5) is 15.1. The molecule has 0 aliphatic carbocycles. The molecule has 2 aromatic rings. The number of nitrogens with zero attached hydrogens (tertiary/aromatic N) is 1. The van der Waals surface area contributed by atoms with Gasteiger partial charge in [0.25, 0.3) is 5.91 Å². The Kier molecular flexibility index (Phi) is 7.10. The van der Waals surface area contributed by atoms with Gasteiger partial charge in [-0.25, -0.2) is 0 Å². The molecule has 4 heteroatoms. The second-order valence-corrected chi connectivity index (χ2v) is 7.80. The third-order valence-electron chi connectivity index (χ3n) is 5.36. The molecule has 1 fully saturated rings. The average Bonchev–Trinajstić information content (AvgIpc) is 3.20. The first-order valence-corrected chi connectivity index (χ1v) is 10.4. The normalized spacial score (nSPS) is 15.4. The van der Waals surface area contributed by atoms with E-state index in [0.717, 1.165) is 23.4 Å². The van der Waals surface area contributed by atoms with Crippen LogP contribution in [0.1, 0.15) is 48.4 Å². The van der Waals surface area contributed by atoms with Gasteiger partial charge in [0.15, 0.2) is 6.10 Å². The fourth-order valence-electron chi connectivity index (χ4n) is 3.67. The summed E-state index contributed by atoms with van der Waals surface area (Å²) in [7, 11) is 0. The van der Waals surface area contributed by atoms with Crippen molar-refractivity contribution < 1.29 is 9.53 Å². The van der Waals surface area contributed by atoms with Crippen LogP contribution >= 0.6 is 0 Å². The minimum Gasteiger partial charge on any atom is -0.480 e. The van der Waals surface area contributed by atoms with Crippen molar-refractivity contribution in [3.05, 3.63) is 64.7 Å². The van der Waals surface area contributed by atoms with Crippen LogP contribution in [0.25, 0.3) is 0 Å². The smallest absolute Gasteiger partial charge is 0.261 e. The molecular formula is C24H32N2O2. The van der Waals surface area contributed by atoms with Crippen LogP contribution in [0.2, 0.25) is 0 Å². The number of nitrogens with one attached hydrogen (secondary N) is 1. The molecule has 4 nitrogen and oxygen atoms in total. The van der Waals surface area contributed by atoms with E-state index in [2.05, 4.69) is 47.5 Å². The Balaban J connectivity index is 1.51. The van der Waals surface area contributed by atoms with E-state index < -0.39 is 6.10 Å². The molecule has 3 rings (SSSR count). The van der Waals surface area contributed by atoms with Crippen molar-refractivity contribution in [2.24, 2.45) is 0 Å². The van der Waals surface area contributed by atoms with Gasteiger partial charge in [-0.15, -0.1) is 0 Å². The third-order valence-corrected chi connectivity index (χ3v) is 5.36. The number of ether oxygens (including phenoxy) is 1. The van der Waals surface area contributed by atoms with Gasteiger partial charge in [0.2, 0.25) is 0 Å². The molecule has 0 saturated carbocycles. The van der Waals surface area contributed by atoms with E-state index in [0.29, 0.717) is 13.0 Å². The summed E-state index contributed by atoms with van der Waals surface area (Å²) in [6.07, 6.45) is 2.78. The van der Waals surface area contributed by atoms with Crippen LogP contribution in [0.5, 0.6) is 5.75 Å². The topological polar surface area (TPSA) is 41.6 Å². The van der Waals surface area contributed by atoms with Crippen LogP contribution in [0, 0.1) is 13.8 Å². The summed E-state index contributed by atoms with van der Waals surface area (Å²) in [6.45, 7) is 9.99. The minimum absolute atomic E-state index is 0.0661. The van der Waals surface area contributed by atoms with E-state index in [1.165, 1.54) is 37.1 Å². The Hall–Kier alpha value is -2.33. The van der Waals surface area contributed by atoms with E-state index in [-0.39, 0.29) is 5.91 Å². The lowest BCUT2D eigenvalue weighted by atomic mass is 10.1. The number of hydrogen-bond acceptors (Lipinski definition) is 3. The summed E-state index contributed by atoms with van der Waals surface area (Å²) >= 11 is 0. The van der Waals surface area contributed by atoms with Crippen LogP contribution in [-0.4, -0.2) is 30.0 Å². The second kappa shape index (κ2) is 9.74. The van der Waals surface area contributed by atoms with E-state index in [1.54, 1.807) is 0 Å². The lowest BCUT2D eigenvalue weighted by molar-refractivity contribution is -0.128. The number of amides is 1. The maximum Gasteiger partial charge on any atom is 0.261 e. The van der Waals surface area contributed by atoms with Gasteiger partial charge in [-0.05, 0) is 69.0 Å². The lowest BCUT2D eigenvalue weighted by Gasteiger charge is -2.19. The summed E-state index contributed by atoms with van der Waals surface area (Å²) in [5, 5.41) is 3.02. The van der Waals surface area contributed by atoms with Gasteiger partial charge in [0.05, 0.1) is 0 Å². The molecule has 0 aromatic heterocycles. The Labute approximate surface area is 168 Å². The first kappa shape index (κ1) is 20.4. The van der Waals surface area contributed by atoms with Gasteiger partial charge in [-0.1, -0.05) is 48.9 Å². The Bertz CT molecular complexity index is 780. The predicted octanol–water partition coefficient (Wildman–Crippen LogP) is 4.37. The molecule has 1 amide bonds. The largest absolute Gasteiger partial charge is 0.480 e. The van der Waals surface area contributed by atoms with Crippen LogP contribution in [0.15, 0.2) is 42.5 Å². The monoisotopic (exact) mass is 380 g/mol. The number of carbonyl (C=O) groups is 1. The van der Waals surface area contributed by atoms with Crippen molar-refractivity contribution in [3.8, 4) is 5.75 Å². The van der Waals surface area contributed by atoms with Crippen LogP contribution in [0.4, 0.5) is 0 Å². The molecule has 0 bridgehead atoms. The Morgan fingerprint density at radius 1 is 1.07 bits per heavy atom. The third kappa shape index (κ3) is 5.59. The van der Waals surface area contributed by atoms with Crippen LogP contribution in [-0.2, 0) is 17.9 Å². The summed E-state index contributed by atoms with van der Waals surface area (Å²) in [6, 6.07) is 14.6. The Morgan fingerprint density at radius 2 is 1.75 bits per heavy atom. The molecule has 0 radical (unpaired) electrons. The van der Waals surface area contributed by atoms with E-state index in [4.69, 9.17) is 4.74 Å². The molecule has 150 valence electrons. The van der Waals surface area contributed by atoms with Gasteiger partial charge in [0, 0.05) is 13.1 Å². The molecule has 1 heterocycles.